The van der Waals surface area contributed by atoms with Gasteiger partial charge in [0, 0.05) is 13.7 Å². The fraction of sp³-hybridized carbons (Fsp3) is 0.222. The third kappa shape index (κ3) is 3.43. The Balaban J connectivity index is 2.13. The van der Waals surface area contributed by atoms with Gasteiger partial charge in [-0.15, -0.1) is 0 Å². The largest absolute Gasteiger partial charge is 0.383 e. The Morgan fingerprint density at radius 3 is 2.83 bits per heavy atom. The van der Waals surface area contributed by atoms with Gasteiger partial charge in [-0.25, -0.2) is 0 Å². The van der Waals surface area contributed by atoms with Crippen molar-refractivity contribution in [3.63, 3.8) is 0 Å². The second-order valence-corrected chi connectivity index (χ2v) is 6.81. The highest BCUT2D eigenvalue weighted by atomic mass is 35.5. The van der Waals surface area contributed by atoms with Crippen LogP contribution in [0.5, 0.6) is 0 Å². The van der Waals surface area contributed by atoms with Crippen molar-refractivity contribution in [3.8, 4) is 0 Å². The smallest absolute Gasteiger partial charge is 0.281 e. The summed E-state index contributed by atoms with van der Waals surface area (Å²) in [4.78, 5) is 17.5. The molecule has 0 fully saturated rings. The summed E-state index contributed by atoms with van der Waals surface area (Å²) in [5.41, 5.74) is 2.63. The van der Waals surface area contributed by atoms with Crippen LogP contribution < -0.4 is 4.80 Å². The van der Waals surface area contributed by atoms with Crippen molar-refractivity contribution in [2.75, 3.05) is 13.7 Å². The molecule has 0 aliphatic heterocycles. The molecule has 0 aliphatic rings. The zero-order valence-electron chi connectivity index (χ0n) is 13.5. The van der Waals surface area contributed by atoms with Crippen LogP contribution in [0.25, 0.3) is 10.2 Å². The highest BCUT2D eigenvalue weighted by molar-refractivity contribution is 7.16. The van der Waals surface area contributed by atoms with E-state index in [0.29, 0.717) is 28.5 Å². The summed E-state index contributed by atoms with van der Waals surface area (Å²) in [5, 5.41) is 0.409. The Kier molecular flexibility index (Phi) is 5.14. The molecule has 0 radical (unpaired) electrons. The van der Waals surface area contributed by atoms with E-state index in [1.807, 2.05) is 11.5 Å². The van der Waals surface area contributed by atoms with E-state index in [-0.39, 0.29) is 5.91 Å². The van der Waals surface area contributed by atoms with Gasteiger partial charge in [0.15, 0.2) is 4.80 Å². The number of benzene rings is 2. The van der Waals surface area contributed by atoms with E-state index in [1.54, 1.807) is 31.4 Å². The molecule has 0 unspecified atom stereocenters. The highest BCUT2D eigenvalue weighted by Gasteiger charge is 2.11. The summed E-state index contributed by atoms with van der Waals surface area (Å²) >= 11 is 7.60. The molecule has 24 heavy (non-hydrogen) atoms. The van der Waals surface area contributed by atoms with Crippen molar-refractivity contribution in [2.45, 2.75) is 13.5 Å². The molecule has 3 aromatic rings. The SMILES string of the molecule is COCCn1c(=NC(=O)c2ccccc2Cl)sc2cc(C)ccc21. The molecular formula is C18H17ClN2O2S. The summed E-state index contributed by atoms with van der Waals surface area (Å²) in [6, 6.07) is 13.2. The maximum atomic E-state index is 12.5. The number of aromatic nitrogens is 1. The lowest BCUT2D eigenvalue weighted by Gasteiger charge is -2.04. The number of rotatable bonds is 4. The van der Waals surface area contributed by atoms with E-state index in [2.05, 4.69) is 23.2 Å². The molecular weight excluding hydrogens is 344 g/mol. The van der Waals surface area contributed by atoms with Gasteiger partial charge in [-0.2, -0.15) is 4.99 Å². The Morgan fingerprint density at radius 2 is 2.08 bits per heavy atom. The van der Waals surface area contributed by atoms with Gasteiger partial charge in [-0.1, -0.05) is 41.1 Å². The molecule has 0 bridgehead atoms. The second-order valence-electron chi connectivity index (χ2n) is 5.40. The lowest BCUT2D eigenvalue weighted by atomic mass is 10.2. The van der Waals surface area contributed by atoms with Crippen molar-refractivity contribution in [1.82, 2.24) is 4.57 Å². The van der Waals surface area contributed by atoms with Crippen LogP contribution in [0.3, 0.4) is 0 Å². The molecule has 6 heteroatoms. The molecule has 1 amide bonds. The molecule has 0 saturated carbocycles. The van der Waals surface area contributed by atoms with Gasteiger partial charge in [0.25, 0.3) is 5.91 Å². The fourth-order valence-electron chi connectivity index (χ4n) is 2.45. The van der Waals surface area contributed by atoms with E-state index in [4.69, 9.17) is 16.3 Å². The lowest BCUT2D eigenvalue weighted by Crippen LogP contribution is -2.19. The topological polar surface area (TPSA) is 43.6 Å². The summed E-state index contributed by atoms with van der Waals surface area (Å²) in [5.74, 6) is -0.338. The molecule has 0 aliphatic carbocycles. The number of methoxy groups -OCH3 is 1. The molecule has 0 N–H and O–H groups in total. The van der Waals surface area contributed by atoms with E-state index in [9.17, 15) is 4.79 Å². The zero-order valence-corrected chi connectivity index (χ0v) is 15.0. The highest BCUT2D eigenvalue weighted by Crippen LogP contribution is 2.20. The molecule has 1 aromatic heterocycles. The van der Waals surface area contributed by atoms with E-state index >= 15 is 0 Å². The Morgan fingerprint density at radius 1 is 1.29 bits per heavy atom. The molecule has 2 aromatic carbocycles. The first-order chi connectivity index (χ1) is 11.6. The van der Waals surface area contributed by atoms with Gasteiger partial charge in [-0.05, 0) is 36.8 Å². The first kappa shape index (κ1) is 16.9. The number of aryl methyl sites for hydroxylation is 1. The van der Waals surface area contributed by atoms with Gasteiger partial charge in [0.2, 0.25) is 0 Å². The molecule has 4 nitrogen and oxygen atoms in total. The quantitative estimate of drug-likeness (QED) is 0.704. The number of halogens is 1. The number of fused-ring (bicyclic) bond motifs is 1. The first-order valence-corrected chi connectivity index (χ1v) is 8.72. The Bertz CT molecular complexity index is 959. The van der Waals surface area contributed by atoms with Crippen LogP contribution in [0.1, 0.15) is 15.9 Å². The standard InChI is InChI=1S/C18H17ClN2O2S/c1-12-7-8-15-16(11-12)24-18(21(15)9-10-23-2)20-17(22)13-5-3-4-6-14(13)19/h3-8,11H,9-10H2,1-2H3. The van der Waals surface area contributed by atoms with Crippen LogP contribution in [0.15, 0.2) is 47.5 Å². The number of nitrogens with zero attached hydrogens (tertiary/aromatic N) is 2. The van der Waals surface area contributed by atoms with Gasteiger partial charge in [0.1, 0.15) is 0 Å². The van der Waals surface area contributed by atoms with Crippen LogP contribution in [0, 0.1) is 6.92 Å². The molecule has 0 atom stereocenters. The van der Waals surface area contributed by atoms with Crippen molar-refractivity contribution >= 4 is 39.1 Å². The minimum atomic E-state index is -0.338. The van der Waals surface area contributed by atoms with Crippen molar-refractivity contribution in [3.05, 3.63) is 63.4 Å². The summed E-state index contributed by atoms with van der Waals surface area (Å²) < 4.78 is 8.29. The maximum absolute atomic E-state index is 12.5. The predicted molar refractivity (Wildman–Crippen MR) is 97.8 cm³/mol. The van der Waals surface area contributed by atoms with Gasteiger partial charge in [0.05, 0.1) is 27.4 Å². The van der Waals surface area contributed by atoms with Gasteiger partial charge < -0.3 is 9.30 Å². The van der Waals surface area contributed by atoms with Crippen LogP contribution in [0.4, 0.5) is 0 Å². The van der Waals surface area contributed by atoms with E-state index in [0.717, 1.165) is 10.2 Å². The molecule has 124 valence electrons. The molecule has 1 heterocycles. The number of hydrogen-bond donors (Lipinski definition) is 0. The monoisotopic (exact) mass is 360 g/mol. The average molecular weight is 361 g/mol. The molecule has 3 rings (SSSR count). The number of ether oxygens (including phenoxy) is 1. The lowest BCUT2D eigenvalue weighted by molar-refractivity contribution is 0.0997. The third-order valence-corrected chi connectivity index (χ3v) is 5.03. The van der Waals surface area contributed by atoms with Gasteiger partial charge in [-0.3, -0.25) is 4.79 Å². The number of carbonyl (C=O) groups excluding carboxylic acids is 1. The third-order valence-electron chi connectivity index (χ3n) is 3.66. The number of amides is 1. The summed E-state index contributed by atoms with van der Waals surface area (Å²) in [6.45, 7) is 3.23. The molecule has 0 saturated heterocycles. The maximum Gasteiger partial charge on any atom is 0.281 e. The van der Waals surface area contributed by atoms with Gasteiger partial charge >= 0.3 is 0 Å². The minimum absolute atomic E-state index is 0.338. The number of thiazole rings is 1. The summed E-state index contributed by atoms with van der Waals surface area (Å²) in [6.07, 6.45) is 0. The predicted octanol–water partition coefficient (Wildman–Crippen LogP) is 4.05. The van der Waals surface area contributed by atoms with Crippen LogP contribution >= 0.6 is 22.9 Å². The van der Waals surface area contributed by atoms with Crippen LogP contribution in [0.2, 0.25) is 5.02 Å². The van der Waals surface area contributed by atoms with Crippen LogP contribution in [-0.4, -0.2) is 24.2 Å². The molecule has 0 spiro atoms. The Hall–Kier alpha value is -1.95. The normalized spacial score (nSPS) is 12.0. The Labute approximate surface area is 149 Å². The van der Waals surface area contributed by atoms with Crippen molar-refractivity contribution in [1.29, 1.82) is 0 Å². The number of hydrogen-bond acceptors (Lipinski definition) is 3. The second kappa shape index (κ2) is 7.30. The average Bonchev–Trinajstić information content (AvgIpc) is 2.89. The van der Waals surface area contributed by atoms with Crippen molar-refractivity contribution < 1.29 is 9.53 Å². The van der Waals surface area contributed by atoms with Crippen molar-refractivity contribution in [2.24, 2.45) is 4.99 Å². The number of carbonyl (C=O) groups is 1. The fourth-order valence-corrected chi connectivity index (χ4v) is 3.82. The van der Waals surface area contributed by atoms with Crippen LogP contribution in [-0.2, 0) is 11.3 Å². The zero-order chi connectivity index (χ0) is 17.1. The minimum Gasteiger partial charge on any atom is -0.383 e. The van der Waals surface area contributed by atoms with E-state index < -0.39 is 0 Å². The van der Waals surface area contributed by atoms with E-state index in [1.165, 1.54) is 16.9 Å². The first-order valence-electron chi connectivity index (χ1n) is 7.52. The summed E-state index contributed by atoms with van der Waals surface area (Å²) in [7, 11) is 1.66.